The van der Waals surface area contributed by atoms with Crippen LogP contribution in [0.1, 0.15) is 32.6 Å². The van der Waals surface area contributed by atoms with Gasteiger partial charge in [-0.15, -0.1) is 0 Å². The van der Waals surface area contributed by atoms with Crippen LogP contribution in [-0.4, -0.2) is 79.6 Å². The first-order valence-corrected chi connectivity index (χ1v) is 9.40. The zero-order valence-electron chi connectivity index (χ0n) is 15.3. The van der Waals surface area contributed by atoms with Crippen LogP contribution in [0, 0.1) is 5.92 Å². The molecule has 0 radical (unpaired) electrons. The third kappa shape index (κ3) is 5.84. The molecule has 26 heavy (non-hydrogen) atoms. The van der Waals surface area contributed by atoms with Crippen molar-refractivity contribution in [2.45, 2.75) is 44.8 Å². The van der Waals surface area contributed by atoms with E-state index in [0.717, 1.165) is 6.42 Å². The monoisotopic (exact) mass is 378 g/mol. The number of hydrogen-bond acceptors (Lipinski definition) is 4. The molecule has 0 saturated carbocycles. The van der Waals surface area contributed by atoms with Crippen molar-refractivity contribution in [1.29, 1.82) is 0 Å². The van der Waals surface area contributed by atoms with Crippen molar-refractivity contribution in [3.05, 3.63) is 0 Å². The van der Waals surface area contributed by atoms with Crippen LogP contribution in [0.15, 0.2) is 0 Å². The summed E-state index contributed by atoms with van der Waals surface area (Å²) in [5.41, 5.74) is 0. The maximum atomic E-state index is 13.4. The highest BCUT2D eigenvalue weighted by Crippen LogP contribution is 2.25. The summed E-state index contributed by atoms with van der Waals surface area (Å²) in [5.74, 6) is -0.802. The van der Waals surface area contributed by atoms with Crippen LogP contribution >= 0.6 is 0 Å². The molecule has 0 aromatic carbocycles. The highest BCUT2D eigenvalue weighted by Gasteiger charge is 2.44. The second-order valence-electron chi connectivity index (χ2n) is 7.02. The smallest absolute Gasteiger partial charge is 0.354 e. The molecule has 2 saturated heterocycles. The van der Waals surface area contributed by atoms with Gasteiger partial charge in [-0.05, 0) is 19.3 Å². The number of carbonyl (C=O) groups is 2. The summed E-state index contributed by atoms with van der Waals surface area (Å²) in [6.07, 6.45) is -1.90. The number of alkyl halides is 3. The van der Waals surface area contributed by atoms with Crippen LogP contribution in [0.25, 0.3) is 0 Å². The number of piperidine rings is 1. The number of hydrogen-bond donors (Lipinski definition) is 2. The molecular formula is C17H29F3N4O2. The lowest BCUT2D eigenvalue weighted by Crippen LogP contribution is -2.58. The summed E-state index contributed by atoms with van der Waals surface area (Å²) in [5, 5.41) is 5.52. The van der Waals surface area contributed by atoms with Crippen molar-refractivity contribution in [2.75, 3.05) is 45.8 Å². The number of carbonyl (C=O) groups excluding carboxylic acids is 2. The van der Waals surface area contributed by atoms with Gasteiger partial charge in [-0.2, -0.15) is 13.2 Å². The van der Waals surface area contributed by atoms with Gasteiger partial charge in [-0.3, -0.25) is 14.5 Å². The van der Waals surface area contributed by atoms with E-state index in [1.165, 1.54) is 4.90 Å². The maximum Gasteiger partial charge on any atom is 0.405 e. The highest BCUT2D eigenvalue weighted by atomic mass is 19.4. The van der Waals surface area contributed by atoms with Crippen LogP contribution in [0.4, 0.5) is 13.2 Å². The van der Waals surface area contributed by atoms with Gasteiger partial charge >= 0.3 is 6.18 Å². The zero-order chi connectivity index (χ0) is 19.2. The maximum absolute atomic E-state index is 13.4. The molecule has 150 valence electrons. The van der Waals surface area contributed by atoms with Crippen molar-refractivity contribution in [3.63, 3.8) is 0 Å². The normalized spacial score (nSPS) is 23.5. The van der Waals surface area contributed by atoms with E-state index in [1.807, 2.05) is 6.92 Å². The van der Waals surface area contributed by atoms with E-state index in [4.69, 9.17) is 0 Å². The Labute approximate surface area is 152 Å². The highest BCUT2D eigenvalue weighted by molar-refractivity contribution is 5.81. The van der Waals surface area contributed by atoms with Gasteiger partial charge in [0.2, 0.25) is 11.8 Å². The fraction of sp³-hybridized carbons (Fsp3) is 0.882. The quantitative estimate of drug-likeness (QED) is 0.723. The Morgan fingerprint density at radius 3 is 2.54 bits per heavy atom. The average Bonchev–Trinajstić information content (AvgIpc) is 2.62. The first-order chi connectivity index (χ1) is 12.3. The van der Waals surface area contributed by atoms with E-state index in [-0.39, 0.29) is 11.8 Å². The molecule has 6 nitrogen and oxygen atoms in total. The SMILES string of the molecule is CCCC(=O)N1CCCC(C(=O)NCC(N2CCNCC2)C(F)(F)F)C1. The van der Waals surface area contributed by atoms with Crippen molar-refractivity contribution in [1.82, 2.24) is 20.4 Å². The molecule has 0 bridgehead atoms. The Kier molecular flexibility index (Phi) is 7.69. The lowest BCUT2D eigenvalue weighted by Gasteiger charge is -2.36. The predicted octanol–water partition coefficient (Wildman–Crippen LogP) is 0.977. The van der Waals surface area contributed by atoms with Gasteiger partial charge in [-0.1, -0.05) is 6.92 Å². The van der Waals surface area contributed by atoms with E-state index in [9.17, 15) is 22.8 Å². The lowest BCUT2D eigenvalue weighted by atomic mass is 9.96. The van der Waals surface area contributed by atoms with Gasteiger partial charge < -0.3 is 15.5 Å². The first kappa shape index (κ1) is 21.0. The molecular weight excluding hydrogens is 349 g/mol. The van der Waals surface area contributed by atoms with Crippen molar-refractivity contribution >= 4 is 11.8 Å². The van der Waals surface area contributed by atoms with E-state index in [2.05, 4.69) is 10.6 Å². The molecule has 0 spiro atoms. The molecule has 9 heteroatoms. The number of halogens is 3. The van der Waals surface area contributed by atoms with Gasteiger partial charge in [-0.25, -0.2) is 0 Å². The minimum atomic E-state index is -4.39. The zero-order valence-corrected chi connectivity index (χ0v) is 15.3. The lowest BCUT2D eigenvalue weighted by molar-refractivity contribution is -0.184. The minimum absolute atomic E-state index is 0.0129. The molecule has 2 fully saturated rings. The number of nitrogens with zero attached hydrogens (tertiary/aromatic N) is 2. The van der Waals surface area contributed by atoms with Gasteiger partial charge in [0.15, 0.2) is 0 Å². The van der Waals surface area contributed by atoms with Gasteiger partial charge in [0.1, 0.15) is 6.04 Å². The molecule has 2 heterocycles. The van der Waals surface area contributed by atoms with Crippen molar-refractivity contribution in [2.24, 2.45) is 5.92 Å². The topological polar surface area (TPSA) is 64.7 Å². The third-order valence-electron chi connectivity index (χ3n) is 5.05. The Bertz CT molecular complexity index is 481. The standard InChI is InChI=1S/C17H29F3N4O2/c1-2-4-15(25)24-8-3-5-13(12-24)16(26)22-11-14(17(18,19)20)23-9-6-21-7-10-23/h13-14,21H,2-12H2,1H3,(H,22,26). The Balaban J connectivity index is 1.89. The summed E-state index contributed by atoms with van der Waals surface area (Å²) in [6.45, 7) is 4.03. The Morgan fingerprint density at radius 1 is 1.23 bits per heavy atom. The van der Waals surface area contributed by atoms with Gasteiger partial charge in [0.25, 0.3) is 0 Å². The fourth-order valence-corrected chi connectivity index (χ4v) is 3.58. The molecule has 0 aromatic heterocycles. The van der Waals surface area contributed by atoms with E-state index in [0.29, 0.717) is 58.5 Å². The average molecular weight is 378 g/mol. The third-order valence-corrected chi connectivity index (χ3v) is 5.05. The molecule has 2 unspecified atom stereocenters. The summed E-state index contributed by atoms with van der Waals surface area (Å²) in [7, 11) is 0. The molecule has 0 aliphatic carbocycles. The molecule has 2 rings (SSSR count). The van der Waals surface area contributed by atoms with Crippen LogP contribution in [0.5, 0.6) is 0 Å². The second kappa shape index (κ2) is 9.55. The summed E-state index contributed by atoms with van der Waals surface area (Å²) in [4.78, 5) is 27.4. The fourth-order valence-electron chi connectivity index (χ4n) is 3.58. The van der Waals surface area contributed by atoms with Crippen LogP contribution < -0.4 is 10.6 Å². The van der Waals surface area contributed by atoms with Crippen LogP contribution in [-0.2, 0) is 9.59 Å². The Morgan fingerprint density at radius 2 is 1.92 bits per heavy atom. The minimum Gasteiger partial charge on any atom is -0.354 e. The number of nitrogens with one attached hydrogen (secondary N) is 2. The summed E-state index contributed by atoms with van der Waals surface area (Å²) in [6, 6.07) is -1.67. The van der Waals surface area contributed by atoms with Crippen molar-refractivity contribution in [3.8, 4) is 0 Å². The molecule has 2 N–H and O–H groups in total. The Hall–Kier alpha value is -1.35. The molecule has 2 aliphatic heterocycles. The van der Waals surface area contributed by atoms with Crippen molar-refractivity contribution < 1.29 is 22.8 Å². The van der Waals surface area contributed by atoms with E-state index < -0.39 is 24.7 Å². The van der Waals surface area contributed by atoms with Gasteiger partial charge in [0.05, 0.1) is 5.92 Å². The number of amides is 2. The molecule has 2 atom stereocenters. The van der Waals surface area contributed by atoms with Crippen LogP contribution in [0.2, 0.25) is 0 Å². The summed E-state index contributed by atoms with van der Waals surface area (Å²) >= 11 is 0. The van der Waals surface area contributed by atoms with E-state index >= 15 is 0 Å². The number of rotatable bonds is 6. The molecule has 2 aliphatic rings. The van der Waals surface area contributed by atoms with Crippen LogP contribution in [0.3, 0.4) is 0 Å². The summed E-state index contributed by atoms with van der Waals surface area (Å²) < 4.78 is 40.2. The van der Waals surface area contributed by atoms with E-state index in [1.54, 1.807) is 4.90 Å². The first-order valence-electron chi connectivity index (χ1n) is 9.40. The second-order valence-corrected chi connectivity index (χ2v) is 7.02. The predicted molar refractivity (Wildman–Crippen MR) is 91.5 cm³/mol. The van der Waals surface area contributed by atoms with Gasteiger partial charge in [0, 0.05) is 52.2 Å². The largest absolute Gasteiger partial charge is 0.405 e. The molecule has 0 aromatic rings. The number of likely N-dealkylation sites (tertiary alicyclic amines) is 1. The molecule has 2 amide bonds. The number of piperazine rings is 1.